The van der Waals surface area contributed by atoms with Crippen molar-refractivity contribution in [1.82, 2.24) is 19.9 Å². The smallest absolute Gasteiger partial charge is 0.225 e. The Bertz CT molecular complexity index is 1590. The zero-order chi connectivity index (χ0) is 28.9. The molecule has 2 saturated carbocycles. The lowest BCUT2D eigenvalue weighted by Crippen LogP contribution is -2.48. The van der Waals surface area contributed by atoms with Crippen LogP contribution in [0.15, 0.2) is 24.4 Å². The number of methoxy groups -OCH3 is 1. The maximum atomic E-state index is 14.6. The third-order valence-electron chi connectivity index (χ3n) is 7.78. The highest BCUT2D eigenvalue weighted by Crippen LogP contribution is 2.45. The zero-order valence-corrected chi connectivity index (χ0v) is 23.3. The van der Waals surface area contributed by atoms with Gasteiger partial charge in [-0.05, 0) is 38.7 Å². The van der Waals surface area contributed by atoms with E-state index in [4.69, 9.17) is 9.72 Å². The molecule has 2 fully saturated rings. The van der Waals surface area contributed by atoms with Crippen LogP contribution >= 0.6 is 11.3 Å². The summed E-state index contributed by atoms with van der Waals surface area (Å²) in [5.41, 5.74) is 0.797. The molecule has 3 aromatic heterocycles. The number of thiazole rings is 1. The van der Waals surface area contributed by atoms with Crippen molar-refractivity contribution in [2.45, 2.75) is 56.9 Å². The van der Waals surface area contributed by atoms with Gasteiger partial charge in [0, 0.05) is 48.9 Å². The summed E-state index contributed by atoms with van der Waals surface area (Å²) >= 11 is 1.44. The normalized spacial score (nSPS) is 22.3. The lowest BCUT2D eigenvalue weighted by Gasteiger charge is -2.31. The summed E-state index contributed by atoms with van der Waals surface area (Å²) in [6, 6.07) is 4.09. The van der Waals surface area contributed by atoms with E-state index in [1.807, 2.05) is 6.07 Å². The molecule has 0 saturated heterocycles. The molecular weight excluding hydrogens is 554 g/mol. The van der Waals surface area contributed by atoms with Crippen LogP contribution < -0.4 is 15.4 Å². The van der Waals surface area contributed by atoms with Crippen molar-refractivity contribution in [2.75, 3.05) is 24.4 Å². The third-order valence-corrected chi connectivity index (χ3v) is 8.82. The SMILES string of the molecule is COc1cc(F)c(CNc2nc(C)c(-c3nc4c(C5CC5)nccc4s3)c(N[C@]3(O)CC[C@H](CO)[C@H]3O)n2)c(F)c1. The Morgan fingerprint density at radius 2 is 1.90 bits per heavy atom. The van der Waals surface area contributed by atoms with E-state index < -0.39 is 29.4 Å². The Morgan fingerprint density at radius 1 is 1.15 bits per heavy atom. The number of pyridine rings is 1. The van der Waals surface area contributed by atoms with E-state index in [0.29, 0.717) is 28.6 Å². The number of hydrogen-bond donors (Lipinski definition) is 5. The number of aryl methyl sites for hydroxylation is 1. The van der Waals surface area contributed by atoms with Crippen LogP contribution in [0.25, 0.3) is 20.8 Å². The summed E-state index contributed by atoms with van der Waals surface area (Å²) in [5.74, 6) is -1.38. The first-order valence-corrected chi connectivity index (χ1v) is 14.2. The fourth-order valence-corrected chi connectivity index (χ4v) is 6.37. The van der Waals surface area contributed by atoms with Gasteiger partial charge in [-0.15, -0.1) is 11.3 Å². The number of aliphatic hydroxyl groups is 3. The number of nitrogens with zero attached hydrogens (tertiary/aromatic N) is 4. The van der Waals surface area contributed by atoms with E-state index >= 15 is 0 Å². The molecule has 216 valence electrons. The molecule has 0 unspecified atom stereocenters. The van der Waals surface area contributed by atoms with Gasteiger partial charge in [0.2, 0.25) is 5.95 Å². The predicted octanol–water partition coefficient (Wildman–Crippen LogP) is 4.10. The van der Waals surface area contributed by atoms with Gasteiger partial charge < -0.3 is 30.7 Å². The van der Waals surface area contributed by atoms with Crippen molar-refractivity contribution in [3.63, 3.8) is 0 Å². The number of halogens is 2. The van der Waals surface area contributed by atoms with E-state index in [1.54, 1.807) is 13.1 Å². The molecule has 2 aliphatic carbocycles. The average molecular weight is 585 g/mol. The molecule has 13 heteroatoms. The van der Waals surface area contributed by atoms with Gasteiger partial charge >= 0.3 is 0 Å². The lowest BCUT2D eigenvalue weighted by molar-refractivity contribution is -0.0545. The van der Waals surface area contributed by atoms with E-state index in [0.717, 1.165) is 40.9 Å². The van der Waals surface area contributed by atoms with Crippen LogP contribution in [0.2, 0.25) is 0 Å². The van der Waals surface area contributed by atoms with Crippen LogP contribution in [0.1, 0.15) is 48.6 Å². The minimum Gasteiger partial charge on any atom is -0.497 e. The summed E-state index contributed by atoms with van der Waals surface area (Å²) in [6.45, 7) is 1.22. The molecule has 0 spiro atoms. The molecule has 41 heavy (non-hydrogen) atoms. The molecule has 5 N–H and O–H groups in total. The van der Waals surface area contributed by atoms with Crippen LogP contribution in [0.5, 0.6) is 5.75 Å². The van der Waals surface area contributed by atoms with Gasteiger partial charge in [0.05, 0.1) is 28.8 Å². The number of rotatable bonds is 9. The molecule has 0 bridgehead atoms. The second-order valence-electron chi connectivity index (χ2n) is 10.6. The Labute approximate surface area is 238 Å². The van der Waals surface area contributed by atoms with E-state index in [-0.39, 0.29) is 42.7 Å². The fourth-order valence-electron chi connectivity index (χ4n) is 5.30. The first kappa shape index (κ1) is 27.6. The molecule has 0 amide bonds. The molecule has 0 radical (unpaired) electrons. The van der Waals surface area contributed by atoms with Gasteiger partial charge in [0.15, 0.2) is 5.72 Å². The van der Waals surface area contributed by atoms with E-state index in [2.05, 4.69) is 25.6 Å². The number of ether oxygens (including phenoxy) is 1. The maximum Gasteiger partial charge on any atom is 0.225 e. The van der Waals surface area contributed by atoms with Crippen molar-refractivity contribution >= 4 is 33.3 Å². The van der Waals surface area contributed by atoms with Crippen LogP contribution in [0.3, 0.4) is 0 Å². The summed E-state index contributed by atoms with van der Waals surface area (Å²) in [7, 11) is 1.32. The molecule has 3 atom stereocenters. The largest absolute Gasteiger partial charge is 0.497 e. The first-order chi connectivity index (χ1) is 19.7. The topological polar surface area (TPSA) is 146 Å². The first-order valence-electron chi connectivity index (χ1n) is 13.4. The molecule has 1 aromatic carbocycles. The van der Waals surface area contributed by atoms with Crippen LogP contribution in [-0.2, 0) is 6.54 Å². The Balaban J connectivity index is 1.39. The number of fused-ring (bicyclic) bond motifs is 1. The number of aromatic nitrogens is 4. The van der Waals surface area contributed by atoms with Crippen LogP contribution in [0.4, 0.5) is 20.5 Å². The monoisotopic (exact) mass is 584 g/mol. The number of anilines is 2. The number of aliphatic hydroxyl groups excluding tert-OH is 2. The summed E-state index contributed by atoms with van der Waals surface area (Å²) < 4.78 is 35.0. The molecular formula is C28H30F2N6O4S. The minimum atomic E-state index is -1.77. The molecule has 2 aliphatic rings. The highest BCUT2D eigenvalue weighted by atomic mass is 32.1. The lowest BCUT2D eigenvalue weighted by atomic mass is 10.0. The molecule has 10 nitrogen and oxygen atoms in total. The Kier molecular flexibility index (Phi) is 7.22. The predicted molar refractivity (Wildman–Crippen MR) is 150 cm³/mol. The fraction of sp³-hybridized carbons (Fsp3) is 0.429. The van der Waals surface area contributed by atoms with Crippen molar-refractivity contribution < 1.29 is 28.8 Å². The minimum absolute atomic E-state index is 0.0552. The molecule has 3 heterocycles. The van der Waals surface area contributed by atoms with Gasteiger partial charge in [-0.1, -0.05) is 0 Å². The highest BCUT2D eigenvalue weighted by Gasteiger charge is 2.47. The van der Waals surface area contributed by atoms with E-state index in [1.165, 1.54) is 18.4 Å². The Morgan fingerprint density at radius 3 is 2.56 bits per heavy atom. The number of hydrogen-bond acceptors (Lipinski definition) is 11. The molecule has 0 aliphatic heterocycles. The summed E-state index contributed by atoms with van der Waals surface area (Å²) in [5, 5.41) is 38.3. The van der Waals surface area contributed by atoms with Crippen molar-refractivity contribution in [3.05, 3.63) is 53.0 Å². The Hall–Kier alpha value is -3.52. The van der Waals surface area contributed by atoms with Gasteiger partial charge in [-0.25, -0.2) is 18.7 Å². The zero-order valence-electron chi connectivity index (χ0n) is 22.5. The van der Waals surface area contributed by atoms with E-state index in [9.17, 15) is 24.1 Å². The van der Waals surface area contributed by atoms with Gasteiger partial charge in [0.25, 0.3) is 0 Å². The molecule has 6 rings (SSSR count). The summed E-state index contributed by atoms with van der Waals surface area (Å²) in [6.07, 6.45) is 3.23. The second kappa shape index (κ2) is 10.7. The average Bonchev–Trinajstić information content (AvgIpc) is 3.63. The van der Waals surface area contributed by atoms with Gasteiger partial charge in [0.1, 0.15) is 39.8 Å². The van der Waals surface area contributed by atoms with Crippen molar-refractivity contribution in [3.8, 4) is 16.3 Å². The van der Waals surface area contributed by atoms with Gasteiger partial charge in [-0.2, -0.15) is 4.98 Å². The standard InChI is InChI=1S/C28H30F2N6O4S/c1-13-21(26-34-23-20(41-26)6-8-31-22(23)14-3-4-14)25(36-28(39)7-5-15(12-37)24(28)38)35-27(33-13)32-11-17-18(29)9-16(40-2)10-19(17)30/h6,8-10,14-15,24,37-39H,3-5,7,11-12H2,1-2H3,(H2,32,33,35,36)/t15-,24-,28+/m1/s1. The quantitative estimate of drug-likeness (QED) is 0.182. The van der Waals surface area contributed by atoms with Crippen LogP contribution in [-0.4, -0.2) is 60.8 Å². The third kappa shape index (κ3) is 5.18. The summed E-state index contributed by atoms with van der Waals surface area (Å²) in [4.78, 5) is 18.6. The second-order valence-corrected chi connectivity index (χ2v) is 11.6. The van der Waals surface area contributed by atoms with Crippen molar-refractivity contribution in [1.29, 1.82) is 0 Å². The number of benzene rings is 1. The highest BCUT2D eigenvalue weighted by molar-refractivity contribution is 7.21. The van der Waals surface area contributed by atoms with Crippen molar-refractivity contribution in [2.24, 2.45) is 5.92 Å². The number of nitrogens with one attached hydrogen (secondary N) is 2. The van der Waals surface area contributed by atoms with Crippen LogP contribution in [0, 0.1) is 24.5 Å². The molecule has 4 aromatic rings. The maximum absolute atomic E-state index is 14.6. The van der Waals surface area contributed by atoms with Gasteiger partial charge in [-0.3, -0.25) is 4.98 Å².